The Morgan fingerprint density at radius 3 is 2.35 bits per heavy atom. The van der Waals surface area contributed by atoms with Crippen LogP contribution in [0.4, 0.5) is 32.0 Å². The third-order valence-electron chi connectivity index (χ3n) is 4.61. The molecule has 34 heavy (non-hydrogen) atoms. The van der Waals surface area contributed by atoms with Gasteiger partial charge in [-0.2, -0.15) is 23.0 Å². The molecule has 3 rings (SSSR count). The Bertz CT molecular complexity index is 1260. The Balaban J connectivity index is 2.10. The average Bonchev–Trinajstić information content (AvgIpc) is 3.03. The minimum Gasteiger partial charge on any atom is -0.483 e. The topological polar surface area (TPSA) is 78.2 Å². The fourth-order valence-electron chi connectivity index (χ4n) is 3.09. The predicted molar refractivity (Wildman–Crippen MR) is 109 cm³/mol. The van der Waals surface area contributed by atoms with E-state index < -0.39 is 64.5 Å². The van der Waals surface area contributed by atoms with Gasteiger partial charge in [-0.3, -0.25) is 9.36 Å². The average molecular weight is 488 g/mol. The largest absolute Gasteiger partial charge is 0.483 e. The molecule has 0 aliphatic rings. The number of benzene rings is 2. The minimum absolute atomic E-state index is 0.223. The van der Waals surface area contributed by atoms with Crippen LogP contribution in [0, 0.1) is 24.4 Å². The van der Waals surface area contributed by atoms with Gasteiger partial charge in [-0.05, 0) is 31.5 Å². The van der Waals surface area contributed by atoms with Gasteiger partial charge in [-0.25, -0.2) is 18.0 Å². The van der Waals surface area contributed by atoms with E-state index in [1.165, 1.54) is 11.5 Å². The molecule has 0 aliphatic heterocycles. The van der Waals surface area contributed by atoms with Crippen molar-refractivity contribution in [3.8, 4) is 11.4 Å². The first-order valence-corrected chi connectivity index (χ1v) is 9.88. The second kappa shape index (κ2) is 9.61. The van der Waals surface area contributed by atoms with Gasteiger partial charge in [0.25, 0.3) is 5.91 Å². The molecule has 0 saturated carbocycles. The van der Waals surface area contributed by atoms with Crippen molar-refractivity contribution in [1.82, 2.24) is 14.3 Å². The summed E-state index contributed by atoms with van der Waals surface area (Å²) in [6, 6.07) is 3.90. The number of carbonyl (C=O) groups excluding carboxylic acids is 1. The number of amides is 1. The van der Waals surface area contributed by atoms with Crippen LogP contribution in [0.15, 0.2) is 35.1 Å². The summed E-state index contributed by atoms with van der Waals surface area (Å²) in [5.41, 5.74) is -3.01. The summed E-state index contributed by atoms with van der Waals surface area (Å²) >= 11 is 0. The van der Waals surface area contributed by atoms with E-state index >= 15 is 0 Å². The molecule has 7 nitrogen and oxygen atoms in total. The van der Waals surface area contributed by atoms with Gasteiger partial charge < -0.3 is 10.1 Å². The quantitative estimate of drug-likeness (QED) is 0.502. The maximum absolute atomic E-state index is 14.9. The Kier molecular flexibility index (Phi) is 7.03. The number of nitrogens with one attached hydrogen (secondary N) is 1. The number of aryl methyl sites for hydroxylation is 1. The van der Waals surface area contributed by atoms with Gasteiger partial charge in [0.15, 0.2) is 6.61 Å². The summed E-state index contributed by atoms with van der Waals surface area (Å²) < 4.78 is 87.5. The smallest absolute Gasteiger partial charge is 0.422 e. The fourth-order valence-corrected chi connectivity index (χ4v) is 3.09. The Hall–Kier alpha value is -3.77. The second-order valence-electron chi connectivity index (χ2n) is 7.15. The van der Waals surface area contributed by atoms with E-state index in [0.29, 0.717) is 23.2 Å². The summed E-state index contributed by atoms with van der Waals surface area (Å²) in [4.78, 5) is 25.2. The van der Waals surface area contributed by atoms with Crippen molar-refractivity contribution >= 4 is 11.6 Å². The van der Waals surface area contributed by atoms with Gasteiger partial charge in [0.1, 0.15) is 40.4 Å². The molecule has 182 valence electrons. The number of alkyl halides is 3. The normalized spacial score (nSPS) is 11.5. The molecule has 13 heteroatoms. The van der Waals surface area contributed by atoms with Crippen molar-refractivity contribution in [1.29, 1.82) is 0 Å². The van der Waals surface area contributed by atoms with Gasteiger partial charge >= 0.3 is 11.9 Å². The lowest BCUT2D eigenvalue weighted by Gasteiger charge is -2.15. The molecule has 0 atom stereocenters. The lowest BCUT2D eigenvalue weighted by atomic mass is 10.1. The molecule has 2 aromatic carbocycles. The maximum atomic E-state index is 14.9. The number of anilines is 1. The van der Waals surface area contributed by atoms with Crippen LogP contribution in [0.5, 0.6) is 5.75 Å². The summed E-state index contributed by atoms with van der Waals surface area (Å²) in [7, 11) is 0. The highest BCUT2D eigenvalue weighted by molar-refractivity contribution is 6.06. The number of para-hydroxylation sites is 1. The number of hydrogen-bond donors (Lipinski definition) is 1. The standard InChI is InChI=1S/C21H18F6N4O3/c1-3-7-30-11(2)29-31(20(30)33)16-9-17(34-10-21(25,26)27)12(8-15(16)24)19(32)28-18-13(22)5-4-6-14(18)23/h4-6,8-9H,3,7,10H2,1-2H3,(H,28,32). The summed E-state index contributed by atoms with van der Waals surface area (Å²) in [6.45, 7) is 1.68. The SMILES string of the molecule is CCCn1c(C)nn(-c2cc(OCC(F)(F)F)c(C(=O)Nc3c(F)cccc3F)cc2F)c1=O. The molecule has 0 bridgehead atoms. The van der Waals surface area contributed by atoms with E-state index in [4.69, 9.17) is 0 Å². The van der Waals surface area contributed by atoms with Gasteiger partial charge in [0, 0.05) is 12.6 Å². The van der Waals surface area contributed by atoms with E-state index in [1.807, 2.05) is 5.32 Å². The van der Waals surface area contributed by atoms with Crippen molar-refractivity contribution in [3.63, 3.8) is 0 Å². The third kappa shape index (κ3) is 5.24. The van der Waals surface area contributed by atoms with Crippen LogP contribution >= 0.6 is 0 Å². The molecular weight excluding hydrogens is 470 g/mol. The number of nitrogens with zero attached hydrogens (tertiary/aromatic N) is 3. The van der Waals surface area contributed by atoms with Crippen molar-refractivity contribution in [2.24, 2.45) is 0 Å². The molecule has 0 aliphatic carbocycles. The molecule has 1 N–H and O–H groups in total. The molecule has 0 saturated heterocycles. The molecule has 0 spiro atoms. The van der Waals surface area contributed by atoms with Crippen LogP contribution in [0.3, 0.4) is 0 Å². The number of carbonyl (C=O) groups is 1. The Morgan fingerprint density at radius 2 is 1.76 bits per heavy atom. The van der Waals surface area contributed by atoms with Gasteiger partial charge in [-0.1, -0.05) is 13.0 Å². The Labute approximate surface area is 188 Å². The number of aromatic nitrogens is 3. The molecule has 1 amide bonds. The number of ether oxygens (including phenoxy) is 1. The zero-order chi connectivity index (χ0) is 25.2. The van der Waals surface area contributed by atoms with Crippen molar-refractivity contribution in [2.75, 3.05) is 11.9 Å². The highest BCUT2D eigenvalue weighted by Gasteiger charge is 2.30. The third-order valence-corrected chi connectivity index (χ3v) is 4.61. The zero-order valence-electron chi connectivity index (χ0n) is 17.8. The van der Waals surface area contributed by atoms with Crippen molar-refractivity contribution in [2.45, 2.75) is 33.0 Å². The summed E-state index contributed by atoms with van der Waals surface area (Å²) in [5, 5.41) is 5.78. The van der Waals surface area contributed by atoms with Crippen LogP contribution in [0.25, 0.3) is 5.69 Å². The summed E-state index contributed by atoms with van der Waals surface area (Å²) in [5.74, 6) is -5.43. The van der Waals surface area contributed by atoms with Crippen molar-refractivity contribution in [3.05, 3.63) is 69.7 Å². The van der Waals surface area contributed by atoms with Gasteiger partial charge in [0.2, 0.25) is 0 Å². The predicted octanol–water partition coefficient (Wildman–Crippen LogP) is 4.36. The zero-order valence-corrected chi connectivity index (χ0v) is 17.8. The highest BCUT2D eigenvalue weighted by atomic mass is 19.4. The first-order valence-electron chi connectivity index (χ1n) is 9.88. The highest BCUT2D eigenvalue weighted by Crippen LogP contribution is 2.29. The second-order valence-corrected chi connectivity index (χ2v) is 7.15. The lowest BCUT2D eigenvalue weighted by molar-refractivity contribution is -0.153. The molecular formula is C21H18F6N4O3. The van der Waals surface area contributed by atoms with Crippen LogP contribution in [-0.2, 0) is 6.54 Å². The number of rotatable bonds is 7. The van der Waals surface area contributed by atoms with Crippen LogP contribution in [-0.4, -0.2) is 33.0 Å². The molecule has 3 aromatic rings. The molecule has 0 fully saturated rings. The van der Waals surface area contributed by atoms with E-state index in [-0.39, 0.29) is 12.4 Å². The monoisotopic (exact) mass is 488 g/mol. The van der Waals surface area contributed by atoms with E-state index in [0.717, 1.165) is 18.2 Å². The molecule has 0 radical (unpaired) electrons. The van der Waals surface area contributed by atoms with Crippen LogP contribution < -0.4 is 15.7 Å². The first kappa shape index (κ1) is 24.9. The maximum Gasteiger partial charge on any atom is 0.422 e. The summed E-state index contributed by atoms with van der Waals surface area (Å²) in [6.07, 6.45) is -4.27. The Morgan fingerprint density at radius 1 is 1.12 bits per heavy atom. The molecule has 1 heterocycles. The molecule has 0 unspecified atom stereocenters. The first-order chi connectivity index (χ1) is 15.9. The number of halogens is 6. The van der Waals surface area contributed by atoms with E-state index in [2.05, 4.69) is 9.84 Å². The lowest BCUT2D eigenvalue weighted by Crippen LogP contribution is -2.26. The van der Waals surface area contributed by atoms with E-state index in [1.54, 1.807) is 6.92 Å². The van der Waals surface area contributed by atoms with Gasteiger partial charge in [0.05, 0.1) is 5.56 Å². The van der Waals surface area contributed by atoms with Crippen LogP contribution in [0.2, 0.25) is 0 Å². The van der Waals surface area contributed by atoms with Crippen LogP contribution in [0.1, 0.15) is 29.5 Å². The van der Waals surface area contributed by atoms with E-state index in [9.17, 15) is 35.9 Å². The molecule has 1 aromatic heterocycles. The minimum atomic E-state index is -4.82. The fraction of sp³-hybridized carbons (Fsp3) is 0.286. The number of hydrogen-bond acceptors (Lipinski definition) is 4. The van der Waals surface area contributed by atoms with Gasteiger partial charge in [-0.15, -0.1) is 0 Å². The van der Waals surface area contributed by atoms with Crippen molar-refractivity contribution < 1.29 is 35.9 Å².